The van der Waals surface area contributed by atoms with Gasteiger partial charge in [-0.15, -0.1) is 0 Å². The fourth-order valence-corrected chi connectivity index (χ4v) is 1.71. The highest BCUT2D eigenvalue weighted by Gasteiger charge is 2.37. The molecule has 0 aromatic carbocycles. The van der Waals surface area contributed by atoms with E-state index >= 15 is 0 Å². The van der Waals surface area contributed by atoms with Gasteiger partial charge in [0.2, 0.25) is 0 Å². The number of anilines is 1. The number of aromatic carboxylic acids is 1. The lowest BCUT2D eigenvalue weighted by Gasteiger charge is -2.10. The number of H-pyrrole nitrogens is 1. The zero-order valence-corrected chi connectivity index (χ0v) is 10.5. The summed E-state index contributed by atoms with van der Waals surface area (Å²) in [5, 5.41) is 14.3. The molecule has 1 aliphatic rings. The first-order chi connectivity index (χ1) is 8.39. The van der Waals surface area contributed by atoms with Gasteiger partial charge in [-0.3, -0.25) is 0 Å². The van der Waals surface area contributed by atoms with Crippen LogP contribution in [0.15, 0.2) is 6.07 Å². The summed E-state index contributed by atoms with van der Waals surface area (Å²) in [6, 6.07) is 1.23. The molecular weight excluding hydrogens is 234 g/mol. The SMILES string of the molecule is Cc1cc(NC(=O)NCC2(C)CC2)c(C(=O)O)[nH]1. The molecule has 1 aromatic rings. The first-order valence-corrected chi connectivity index (χ1v) is 5.87. The molecular formula is C12H17N3O3. The third kappa shape index (κ3) is 2.82. The van der Waals surface area contributed by atoms with Gasteiger partial charge in [0.1, 0.15) is 5.69 Å². The molecule has 0 radical (unpaired) electrons. The van der Waals surface area contributed by atoms with Crippen LogP contribution in [0.4, 0.5) is 10.5 Å². The number of aromatic nitrogens is 1. The normalized spacial score (nSPS) is 16.1. The average Bonchev–Trinajstić information content (AvgIpc) is 2.90. The largest absolute Gasteiger partial charge is 0.477 e. The highest BCUT2D eigenvalue weighted by atomic mass is 16.4. The number of rotatable bonds is 4. The molecule has 0 unspecified atom stereocenters. The number of carboxylic acids is 1. The Hall–Kier alpha value is -1.98. The van der Waals surface area contributed by atoms with Gasteiger partial charge in [0.25, 0.3) is 0 Å². The Kier molecular flexibility index (Phi) is 3.02. The van der Waals surface area contributed by atoms with E-state index in [1.807, 2.05) is 0 Å². The molecule has 0 saturated heterocycles. The van der Waals surface area contributed by atoms with E-state index in [1.165, 1.54) is 0 Å². The van der Waals surface area contributed by atoms with Crippen molar-refractivity contribution in [2.75, 3.05) is 11.9 Å². The van der Waals surface area contributed by atoms with E-state index in [9.17, 15) is 9.59 Å². The lowest BCUT2D eigenvalue weighted by atomic mass is 10.1. The smallest absolute Gasteiger partial charge is 0.354 e. The van der Waals surface area contributed by atoms with Gasteiger partial charge < -0.3 is 20.7 Å². The topological polar surface area (TPSA) is 94.2 Å². The first kappa shape index (κ1) is 12.5. The van der Waals surface area contributed by atoms with Crippen molar-refractivity contribution in [2.24, 2.45) is 5.41 Å². The van der Waals surface area contributed by atoms with Gasteiger partial charge in [-0.05, 0) is 31.2 Å². The maximum atomic E-state index is 11.6. The van der Waals surface area contributed by atoms with Crippen LogP contribution < -0.4 is 10.6 Å². The Labute approximate surface area is 105 Å². The van der Waals surface area contributed by atoms with Gasteiger partial charge in [0, 0.05) is 12.2 Å². The van der Waals surface area contributed by atoms with Crippen molar-refractivity contribution in [3.63, 3.8) is 0 Å². The second-order valence-corrected chi connectivity index (χ2v) is 5.16. The summed E-state index contributed by atoms with van der Waals surface area (Å²) in [6.45, 7) is 4.46. The number of hydrogen-bond acceptors (Lipinski definition) is 2. The monoisotopic (exact) mass is 251 g/mol. The van der Waals surface area contributed by atoms with Crippen molar-refractivity contribution in [3.8, 4) is 0 Å². The van der Waals surface area contributed by atoms with E-state index < -0.39 is 5.97 Å². The first-order valence-electron chi connectivity index (χ1n) is 5.87. The number of nitrogens with one attached hydrogen (secondary N) is 3. The van der Waals surface area contributed by atoms with Crippen LogP contribution in [0, 0.1) is 12.3 Å². The van der Waals surface area contributed by atoms with Gasteiger partial charge in [-0.2, -0.15) is 0 Å². The number of urea groups is 1. The second kappa shape index (κ2) is 4.36. The molecule has 2 amide bonds. The van der Waals surface area contributed by atoms with Crippen LogP contribution in [-0.4, -0.2) is 28.6 Å². The zero-order valence-electron chi connectivity index (χ0n) is 10.5. The Balaban J connectivity index is 1.95. The summed E-state index contributed by atoms with van der Waals surface area (Å²) >= 11 is 0. The van der Waals surface area contributed by atoms with E-state index in [-0.39, 0.29) is 17.1 Å². The van der Waals surface area contributed by atoms with Gasteiger partial charge in [-0.1, -0.05) is 6.92 Å². The molecule has 1 heterocycles. The minimum atomic E-state index is -1.09. The molecule has 0 aliphatic heterocycles. The van der Waals surface area contributed by atoms with E-state index in [0.717, 1.165) is 12.8 Å². The summed E-state index contributed by atoms with van der Waals surface area (Å²) in [6.07, 6.45) is 2.24. The Morgan fingerprint density at radius 2 is 2.17 bits per heavy atom. The number of aromatic amines is 1. The van der Waals surface area contributed by atoms with Crippen molar-refractivity contribution in [3.05, 3.63) is 17.5 Å². The van der Waals surface area contributed by atoms with Crippen LogP contribution in [0.2, 0.25) is 0 Å². The van der Waals surface area contributed by atoms with Crippen LogP contribution >= 0.6 is 0 Å². The maximum Gasteiger partial charge on any atom is 0.354 e. The van der Waals surface area contributed by atoms with Gasteiger partial charge in [0.15, 0.2) is 0 Å². The molecule has 6 nitrogen and oxygen atoms in total. The molecule has 98 valence electrons. The van der Waals surface area contributed by atoms with Crippen molar-refractivity contribution in [2.45, 2.75) is 26.7 Å². The van der Waals surface area contributed by atoms with E-state index in [2.05, 4.69) is 22.5 Å². The summed E-state index contributed by atoms with van der Waals surface area (Å²) in [5.41, 5.74) is 1.21. The fraction of sp³-hybridized carbons (Fsp3) is 0.500. The van der Waals surface area contributed by atoms with Crippen LogP contribution in [0.25, 0.3) is 0 Å². The van der Waals surface area contributed by atoms with Crippen molar-refractivity contribution < 1.29 is 14.7 Å². The molecule has 0 spiro atoms. The highest BCUT2D eigenvalue weighted by Crippen LogP contribution is 2.44. The van der Waals surface area contributed by atoms with E-state index in [0.29, 0.717) is 17.9 Å². The van der Waals surface area contributed by atoms with Gasteiger partial charge in [0.05, 0.1) is 5.69 Å². The number of amides is 2. The molecule has 0 atom stereocenters. The Morgan fingerprint density at radius 1 is 1.50 bits per heavy atom. The fourth-order valence-electron chi connectivity index (χ4n) is 1.71. The minimum Gasteiger partial charge on any atom is -0.477 e. The predicted octanol–water partition coefficient (Wildman–Crippen LogP) is 1.94. The molecule has 4 N–H and O–H groups in total. The molecule has 1 aliphatic carbocycles. The summed E-state index contributed by atoms with van der Waals surface area (Å²) in [4.78, 5) is 25.3. The zero-order chi connectivity index (χ0) is 13.3. The van der Waals surface area contributed by atoms with E-state index in [1.54, 1.807) is 13.0 Å². The molecule has 18 heavy (non-hydrogen) atoms. The van der Waals surface area contributed by atoms with Gasteiger partial charge >= 0.3 is 12.0 Å². The van der Waals surface area contributed by atoms with Gasteiger partial charge in [-0.25, -0.2) is 9.59 Å². The van der Waals surface area contributed by atoms with Crippen molar-refractivity contribution in [1.29, 1.82) is 0 Å². The Bertz CT molecular complexity index is 489. The van der Waals surface area contributed by atoms with Crippen LogP contribution in [0.5, 0.6) is 0 Å². The molecule has 1 aromatic heterocycles. The number of carbonyl (C=O) groups excluding carboxylic acids is 1. The number of hydrogen-bond donors (Lipinski definition) is 4. The predicted molar refractivity (Wildman–Crippen MR) is 66.9 cm³/mol. The molecule has 2 rings (SSSR count). The summed E-state index contributed by atoms with van der Waals surface area (Å²) < 4.78 is 0. The lowest BCUT2D eigenvalue weighted by Crippen LogP contribution is -2.33. The molecule has 1 fully saturated rings. The Morgan fingerprint density at radius 3 is 2.72 bits per heavy atom. The third-order valence-corrected chi connectivity index (χ3v) is 3.19. The summed E-state index contributed by atoms with van der Waals surface area (Å²) in [7, 11) is 0. The van der Waals surface area contributed by atoms with Crippen LogP contribution in [0.1, 0.15) is 35.9 Å². The molecule has 1 saturated carbocycles. The third-order valence-electron chi connectivity index (χ3n) is 3.19. The quantitative estimate of drug-likeness (QED) is 0.658. The second-order valence-electron chi connectivity index (χ2n) is 5.16. The maximum absolute atomic E-state index is 11.6. The molecule has 6 heteroatoms. The standard InChI is InChI=1S/C12H17N3O3/c1-7-5-8(9(14-7)10(16)17)15-11(18)13-6-12(2)3-4-12/h5,14H,3-4,6H2,1-2H3,(H,16,17)(H2,13,15,18). The van der Waals surface area contributed by atoms with Crippen molar-refractivity contribution >= 4 is 17.7 Å². The lowest BCUT2D eigenvalue weighted by molar-refractivity contribution is 0.0692. The van der Waals surface area contributed by atoms with Crippen LogP contribution in [-0.2, 0) is 0 Å². The highest BCUT2D eigenvalue weighted by molar-refractivity contribution is 5.99. The van der Waals surface area contributed by atoms with E-state index in [4.69, 9.17) is 5.11 Å². The van der Waals surface area contributed by atoms with Crippen molar-refractivity contribution in [1.82, 2.24) is 10.3 Å². The minimum absolute atomic E-state index is 0.000263. The number of carboxylic acid groups (broad SMARTS) is 1. The number of carbonyl (C=O) groups is 2. The molecule has 0 bridgehead atoms. The number of aryl methyl sites for hydroxylation is 1. The summed E-state index contributed by atoms with van der Waals surface area (Å²) in [5.74, 6) is -1.09. The average molecular weight is 251 g/mol. The van der Waals surface area contributed by atoms with Crippen LogP contribution in [0.3, 0.4) is 0 Å².